The standard InChI is InChI=1S/C26H28F3N3O4/c1-16(2)30-25(36)23(34)20(14-17-8-4-3-5-9-17)31-24(35)21-12-13-22(33)32(21)15-18-10-6-7-11-19(18)26(27,28)29/h3-11,16,20-21H,12-15H2,1-2H3,(H,30,36)(H,31,35)/t20?,21-/m0/s1. The van der Waals surface area contributed by atoms with Crippen LogP contribution in [0.5, 0.6) is 0 Å². The van der Waals surface area contributed by atoms with Crippen molar-refractivity contribution < 1.29 is 32.3 Å². The molecule has 0 aliphatic carbocycles. The Morgan fingerprint density at radius 1 is 1.00 bits per heavy atom. The quantitative estimate of drug-likeness (QED) is 0.515. The van der Waals surface area contributed by atoms with E-state index in [0.29, 0.717) is 5.56 Å². The predicted octanol–water partition coefficient (Wildman–Crippen LogP) is 3.02. The highest BCUT2D eigenvalue weighted by atomic mass is 19.4. The summed E-state index contributed by atoms with van der Waals surface area (Å²) in [5.74, 6) is -2.86. The first-order chi connectivity index (χ1) is 17.0. The van der Waals surface area contributed by atoms with E-state index in [1.54, 1.807) is 44.2 Å². The van der Waals surface area contributed by atoms with Gasteiger partial charge < -0.3 is 15.5 Å². The molecule has 10 heteroatoms. The van der Waals surface area contributed by atoms with E-state index in [1.807, 2.05) is 0 Å². The number of halogens is 3. The number of carbonyl (C=O) groups is 4. The maximum Gasteiger partial charge on any atom is 0.416 e. The molecule has 3 amide bonds. The van der Waals surface area contributed by atoms with Crippen LogP contribution < -0.4 is 10.6 Å². The van der Waals surface area contributed by atoms with Gasteiger partial charge in [0.1, 0.15) is 12.1 Å². The number of hydrogen-bond donors (Lipinski definition) is 2. The first-order valence-corrected chi connectivity index (χ1v) is 11.6. The van der Waals surface area contributed by atoms with Crippen molar-refractivity contribution in [3.63, 3.8) is 0 Å². The summed E-state index contributed by atoms with van der Waals surface area (Å²) in [7, 11) is 0. The fourth-order valence-electron chi connectivity index (χ4n) is 4.14. The highest BCUT2D eigenvalue weighted by Crippen LogP contribution is 2.33. The third-order valence-corrected chi connectivity index (χ3v) is 5.85. The van der Waals surface area contributed by atoms with E-state index >= 15 is 0 Å². The van der Waals surface area contributed by atoms with Crippen molar-refractivity contribution in [2.45, 2.75) is 64.0 Å². The number of likely N-dealkylation sites (tertiary alicyclic amines) is 1. The number of hydrogen-bond acceptors (Lipinski definition) is 4. The van der Waals surface area contributed by atoms with Gasteiger partial charge >= 0.3 is 6.18 Å². The topological polar surface area (TPSA) is 95.6 Å². The van der Waals surface area contributed by atoms with Crippen LogP contribution in [-0.4, -0.2) is 46.5 Å². The third-order valence-electron chi connectivity index (χ3n) is 5.85. The number of nitrogens with one attached hydrogen (secondary N) is 2. The molecule has 0 spiro atoms. The maximum absolute atomic E-state index is 13.5. The van der Waals surface area contributed by atoms with Gasteiger partial charge in [0.05, 0.1) is 5.56 Å². The molecule has 1 aliphatic heterocycles. The molecule has 7 nitrogen and oxygen atoms in total. The van der Waals surface area contributed by atoms with Crippen molar-refractivity contribution in [2.24, 2.45) is 0 Å². The molecule has 2 aromatic rings. The van der Waals surface area contributed by atoms with Gasteiger partial charge in [0, 0.05) is 25.4 Å². The second-order valence-electron chi connectivity index (χ2n) is 8.97. The van der Waals surface area contributed by atoms with Gasteiger partial charge in [-0.2, -0.15) is 13.2 Å². The summed E-state index contributed by atoms with van der Waals surface area (Å²) < 4.78 is 40.4. The lowest BCUT2D eigenvalue weighted by Gasteiger charge is -2.27. The number of ketones is 1. The van der Waals surface area contributed by atoms with E-state index in [-0.39, 0.29) is 30.9 Å². The van der Waals surface area contributed by atoms with E-state index < -0.39 is 53.9 Å². The molecule has 2 N–H and O–H groups in total. The fourth-order valence-corrected chi connectivity index (χ4v) is 4.14. The van der Waals surface area contributed by atoms with Crippen LogP contribution in [0.1, 0.15) is 43.4 Å². The average molecular weight is 504 g/mol. The summed E-state index contributed by atoms with van der Waals surface area (Å²) in [4.78, 5) is 52.1. The summed E-state index contributed by atoms with van der Waals surface area (Å²) in [5.41, 5.74) is -0.315. The highest BCUT2D eigenvalue weighted by Gasteiger charge is 2.40. The van der Waals surface area contributed by atoms with Gasteiger partial charge in [0.15, 0.2) is 0 Å². The van der Waals surface area contributed by atoms with Crippen molar-refractivity contribution in [1.29, 1.82) is 0 Å². The molecule has 3 rings (SSSR count). The molecule has 2 aromatic carbocycles. The molecular formula is C26H28F3N3O4. The number of carbonyl (C=O) groups excluding carboxylic acids is 4. The number of nitrogens with zero attached hydrogens (tertiary/aromatic N) is 1. The monoisotopic (exact) mass is 503 g/mol. The molecule has 192 valence electrons. The number of Topliss-reactive ketones (excluding diaryl/α,β-unsaturated/α-hetero) is 1. The van der Waals surface area contributed by atoms with Gasteiger partial charge in [-0.3, -0.25) is 19.2 Å². The van der Waals surface area contributed by atoms with Crippen molar-refractivity contribution >= 4 is 23.5 Å². The van der Waals surface area contributed by atoms with Gasteiger partial charge in [0.2, 0.25) is 17.6 Å². The molecule has 2 atom stereocenters. The Hall–Kier alpha value is -3.69. The molecule has 1 saturated heterocycles. The van der Waals surface area contributed by atoms with Crippen molar-refractivity contribution in [3.05, 3.63) is 71.3 Å². The average Bonchev–Trinajstić information content (AvgIpc) is 3.18. The number of benzene rings is 2. The van der Waals surface area contributed by atoms with Crippen LogP contribution in [0.2, 0.25) is 0 Å². The summed E-state index contributed by atoms with van der Waals surface area (Å²) in [5, 5.41) is 5.09. The Morgan fingerprint density at radius 3 is 2.28 bits per heavy atom. The molecule has 0 bridgehead atoms. The third kappa shape index (κ3) is 6.71. The zero-order valence-corrected chi connectivity index (χ0v) is 20.0. The number of alkyl halides is 3. The zero-order chi connectivity index (χ0) is 26.5. The molecule has 1 aliphatic rings. The van der Waals surface area contributed by atoms with Crippen LogP contribution in [0.25, 0.3) is 0 Å². The van der Waals surface area contributed by atoms with Crippen LogP contribution in [0, 0.1) is 0 Å². The maximum atomic E-state index is 13.5. The molecule has 0 saturated carbocycles. The Morgan fingerprint density at radius 2 is 1.64 bits per heavy atom. The summed E-state index contributed by atoms with van der Waals surface area (Å²) in [6.45, 7) is 2.98. The van der Waals surface area contributed by atoms with Crippen molar-refractivity contribution in [2.75, 3.05) is 0 Å². The second kappa shape index (κ2) is 11.4. The predicted molar refractivity (Wildman–Crippen MR) is 125 cm³/mol. The van der Waals surface area contributed by atoms with Crippen LogP contribution in [-0.2, 0) is 38.3 Å². The van der Waals surface area contributed by atoms with E-state index in [9.17, 15) is 32.3 Å². The minimum absolute atomic E-state index is 0.0165. The van der Waals surface area contributed by atoms with Gasteiger partial charge in [-0.25, -0.2) is 0 Å². The molecule has 1 heterocycles. The second-order valence-corrected chi connectivity index (χ2v) is 8.97. The number of amides is 3. The van der Waals surface area contributed by atoms with E-state index in [1.165, 1.54) is 18.2 Å². The van der Waals surface area contributed by atoms with E-state index in [0.717, 1.165) is 11.0 Å². The zero-order valence-electron chi connectivity index (χ0n) is 20.0. The lowest BCUT2D eigenvalue weighted by molar-refractivity contribution is -0.142. The molecule has 36 heavy (non-hydrogen) atoms. The summed E-state index contributed by atoms with van der Waals surface area (Å²) >= 11 is 0. The van der Waals surface area contributed by atoms with Crippen molar-refractivity contribution in [1.82, 2.24) is 15.5 Å². The van der Waals surface area contributed by atoms with Crippen LogP contribution in [0.15, 0.2) is 54.6 Å². The lowest BCUT2D eigenvalue weighted by Crippen LogP contribution is -2.54. The van der Waals surface area contributed by atoms with E-state index in [4.69, 9.17) is 0 Å². The Kier molecular flexibility index (Phi) is 8.49. The van der Waals surface area contributed by atoms with Crippen LogP contribution in [0.3, 0.4) is 0 Å². The number of rotatable bonds is 9. The van der Waals surface area contributed by atoms with Gasteiger partial charge in [0.25, 0.3) is 5.91 Å². The van der Waals surface area contributed by atoms with E-state index in [2.05, 4.69) is 10.6 Å². The Labute approximate surface area is 207 Å². The normalized spacial score (nSPS) is 16.7. The minimum atomic E-state index is -4.62. The largest absolute Gasteiger partial charge is 0.416 e. The first kappa shape index (κ1) is 26.9. The smallest absolute Gasteiger partial charge is 0.347 e. The Bertz CT molecular complexity index is 1120. The summed E-state index contributed by atoms with van der Waals surface area (Å²) in [6, 6.07) is 11.1. The van der Waals surface area contributed by atoms with Crippen LogP contribution in [0.4, 0.5) is 13.2 Å². The lowest BCUT2D eigenvalue weighted by atomic mass is 10.0. The summed E-state index contributed by atoms with van der Waals surface area (Å²) in [6.07, 6.45) is -4.51. The van der Waals surface area contributed by atoms with Crippen molar-refractivity contribution in [3.8, 4) is 0 Å². The molecule has 1 fully saturated rings. The minimum Gasteiger partial charge on any atom is -0.347 e. The van der Waals surface area contributed by atoms with Gasteiger partial charge in [-0.15, -0.1) is 0 Å². The van der Waals surface area contributed by atoms with Crippen LogP contribution >= 0.6 is 0 Å². The molecule has 1 unspecified atom stereocenters. The van der Waals surface area contributed by atoms with Gasteiger partial charge in [-0.1, -0.05) is 48.5 Å². The SMILES string of the molecule is CC(C)NC(=O)C(=O)C(Cc1ccccc1)NC(=O)[C@@H]1CCC(=O)N1Cc1ccccc1C(F)(F)F. The highest BCUT2D eigenvalue weighted by molar-refractivity contribution is 6.38. The Balaban J connectivity index is 1.82. The molecule has 0 aromatic heterocycles. The first-order valence-electron chi connectivity index (χ1n) is 11.6. The van der Waals surface area contributed by atoms with Gasteiger partial charge in [-0.05, 0) is 37.5 Å². The fraction of sp³-hybridized carbons (Fsp3) is 0.385. The molecule has 0 radical (unpaired) electrons. The molecular weight excluding hydrogens is 475 g/mol.